The van der Waals surface area contributed by atoms with Crippen molar-refractivity contribution in [3.8, 4) is 0 Å². The number of anilines is 1. The molecular weight excluding hydrogens is 336 g/mol. The number of carbonyl (C=O) groups excluding carboxylic acids is 1. The molecule has 2 aromatic rings. The van der Waals surface area contributed by atoms with Crippen molar-refractivity contribution in [2.45, 2.75) is 33.4 Å². The minimum absolute atomic E-state index is 0.103. The highest BCUT2D eigenvalue weighted by molar-refractivity contribution is 7.85. The van der Waals surface area contributed by atoms with Crippen molar-refractivity contribution in [3.05, 3.63) is 45.3 Å². The van der Waals surface area contributed by atoms with Crippen LogP contribution >= 0.6 is 11.6 Å². The molecule has 1 aromatic heterocycles. The van der Waals surface area contributed by atoms with Gasteiger partial charge in [0.2, 0.25) is 5.91 Å². The Balaban J connectivity index is 2.01. The molecule has 23 heavy (non-hydrogen) atoms. The normalized spacial score (nSPS) is 12.2. The molecule has 0 radical (unpaired) electrons. The van der Waals surface area contributed by atoms with Gasteiger partial charge in [-0.15, -0.1) is 0 Å². The Morgan fingerprint density at radius 3 is 2.57 bits per heavy atom. The molecular formula is C16H19ClN2O3S. The van der Waals surface area contributed by atoms with Crippen LogP contribution in [-0.4, -0.2) is 21.0 Å². The summed E-state index contributed by atoms with van der Waals surface area (Å²) in [6.45, 7) is 7.36. The molecule has 0 aliphatic carbocycles. The van der Waals surface area contributed by atoms with E-state index in [2.05, 4.69) is 10.5 Å². The Hall–Kier alpha value is -1.66. The fourth-order valence-electron chi connectivity index (χ4n) is 2.32. The standard InChI is InChI=1S/C16H19ClN2O3S/c1-9-5-10(2)16(14(17)6-9)18-15(20)8-23(21)7-13-11(3)19-22-12(13)4/h5-6H,7-8H2,1-4H3,(H,18,20)/t23-/m1/s1. The molecule has 1 aromatic carbocycles. The summed E-state index contributed by atoms with van der Waals surface area (Å²) in [5, 5.41) is 7.04. The van der Waals surface area contributed by atoms with E-state index in [1.807, 2.05) is 19.9 Å². The summed E-state index contributed by atoms with van der Waals surface area (Å²) < 4.78 is 17.2. The number of aromatic nitrogens is 1. The minimum atomic E-state index is -1.35. The molecule has 0 aliphatic rings. The third-order valence-corrected chi connectivity index (χ3v) is 4.97. The lowest BCUT2D eigenvalue weighted by Crippen LogP contribution is -2.21. The lowest BCUT2D eigenvalue weighted by Gasteiger charge is -2.11. The molecule has 0 spiro atoms. The monoisotopic (exact) mass is 354 g/mol. The second-order valence-corrected chi connectivity index (χ2v) is 7.38. The number of aryl methyl sites for hydroxylation is 4. The molecule has 5 nitrogen and oxygen atoms in total. The molecule has 2 rings (SSSR count). The first kappa shape index (κ1) is 17.7. The van der Waals surface area contributed by atoms with Crippen LogP contribution in [0.5, 0.6) is 0 Å². The Bertz CT molecular complexity index is 728. The molecule has 0 saturated heterocycles. The Kier molecular flexibility index (Phi) is 5.59. The number of carbonyl (C=O) groups is 1. The van der Waals surface area contributed by atoms with E-state index in [-0.39, 0.29) is 17.4 Å². The maximum atomic E-state index is 12.2. The lowest BCUT2D eigenvalue weighted by atomic mass is 10.1. The van der Waals surface area contributed by atoms with Gasteiger partial charge >= 0.3 is 0 Å². The summed E-state index contributed by atoms with van der Waals surface area (Å²) in [4.78, 5) is 12.1. The van der Waals surface area contributed by atoms with Crippen LogP contribution in [0, 0.1) is 27.7 Å². The van der Waals surface area contributed by atoms with E-state index < -0.39 is 10.8 Å². The van der Waals surface area contributed by atoms with Crippen molar-refractivity contribution >= 4 is 34.0 Å². The number of nitrogens with one attached hydrogen (secondary N) is 1. The lowest BCUT2D eigenvalue weighted by molar-refractivity contribution is -0.113. The van der Waals surface area contributed by atoms with Crippen LogP contribution in [-0.2, 0) is 21.3 Å². The number of hydrogen-bond acceptors (Lipinski definition) is 4. The van der Waals surface area contributed by atoms with Gasteiger partial charge in [-0.2, -0.15) is 0 Å². The van der Waals surface area contributed by atoms with Crippen LogP contribution in [0.2, 0.25) is 5.02 Å². The summed E-state index contributed by atoms with van der Waals surface area (Å²) in [5.41, 5.74) is 3.96. The van der Waals surface area contributed by atoms with E-state index in [1.165, 1.54) is 0 Å². The Labute approximate surface area is 142 Å². The molecule has 124 valence electrons. The van der Waals surface area contributed by atoms with E-state index in [1.54, 1.807) is 19.9 Å². The summed E-state index contributed by atoms with van der Waals surface area (Å²) >= 11 is 6.16. The quantitative estimate of drug-likeness (QED) is 0.892. The smallest absolute Gasteiger partial charge is 0.237 e. The topological polar surface area (TPSA) is 72.2 Å². The van der Waals surface area contributed by atoms with Gasteiger partial charge in [-0.25, -0.2) is 0 Å². The number of amides is 1. The van der Waals surface area contributed by atoms with E-state index >= 15 is 0 Å². The highest BCUT2D eigenvalue weighted by Gasteiger charge is 2.16. The van der Waals surface area contributed by atoms with Gasteiger partial charge in [0.15, 0.2) is 0 Å². The fourth-order valence-corrected chi connectivity index (χ4v) is 3.88. The van der Waals surface area contributed by atoms with Crippen LogP contribution in [0.3, 0.4) is 0 Å². The molecule has 7 heteroatoms. The minimum Gasteiger partial charge on any atom is -0.361 e. The summed E-state index contributed by atoms with van der Waals surface area (Å²) in [5.74, 6) is 0.445. The van der Waals surface area contributed by atoms with Crippen LogP contribution in [0.1, 0.15) is 28.1 Å². The first-order valence-electron chi connectivity index (χ1n) is 7.11. The maximum absolute atomic E-state index is 12.2. The average molecular weight is 355 g/mol. The number of nitrogens with zero attached hydrogens (tertiary/aromatic N) is 1. The predicted octanol–water partition coefficient (Wildman–Crippen LogP) is 3.45. The van der Waals surface area contributed by atoms with Gasteiger partial charge < -0.3 is 9.84 Å². The van der Waals surface area contributed by atoms with Gasteiger partial charge in [0, 0.05) is 16.4 Å². The van der Waals surface area contributed by atoms with Crippen molar-refractivity contribution < 1.29 is 13.5 Å². The van der Waals surface area contributed by atoms with Crippen LogP contribution < -0.4 is 5.32 Å². The second-order valence-electron chi connectivity index (χ2n) is 5.52. The van der Waals surface area contributed by atoms with E-state index in [0.717, 1.165) is 16.7 Å². The van der Waals surface area contributed by atoms with Crippen molar-refractivity contribution in [2.75, 3.05) is 11.1 Å². The SMILES string of the molecule is Cc1cc(C)c(NC(=O)C[S@](=O)Cc2c(C)noc2C)c(Cl)c1. The van der Waals surface area contributed by atoms with Gasteiger partial charge in [0.25, 0.3) is 0 Å². The molecule has 0 fully saturated rings. The molecule has 1 N–H and O–H groups in total. The first-order valence-corrected chi connectivity index (χ1v) is 8.98. The third kappa shape index (κ3) is 4.42. The van der Waals surface area contributed by atoms with Gasteiger partial charge in [0.1, 0.15) is 11.5 Å². The summed E-state index contributed by atoms with van der Waals surface area (Å²) in [6, 6.07) is 3.72. The zero-order valence-corrected chi connectivity index (χ0v) is 15.1. The van der Waals surface area contributed by atoms with Crippen molar-refractivity contribution in [3.63, 3.8) is 0 Å². The highest BCUT2D eigenvalue weighted by Crippen LogP contribution is 2.27. The van der Waals surface area contributed by atoms with E-state index in [9.17, 15) is 9.00 Å². The Morgan fingerprint density at radius 2 is 2.00 bits per heavy atom. The van der Waals surface area contributed by atoms with Crippen molar-refractivity contribution in [2.24, 2.45) is 0 Å². The number of rotatable bonds is 5. The molecule has 0 unspecified atom stereocenters. The Morgan fingerprint density at radius 1 is 1.30 bits per heavy atom. The summed E-state index contributed by atoms with van der Waals surface area (Å²) in [6.07, 6.45) is 0. The second kappa shape index (κ2) is 7.27. The van der Waals surface area contributed by atoms with Gasteiger partial charge in [-0.05, 0) is 44.9 Å². The van der Waals surface area contributed by atoms with Gasteiger partial charge in [0.05, 0.1) is 22.2 Å². The van der Waals surface area contributed by atoms with Crippen molar-refractivity contribution in [1.29, 1.82) is 0 Å². The summed E-state index contributed by atoms with van der Waals surface area (Å²) in [7, 11) is -1.35. The van der Waals surface area contributed by atoms with E-state index in [0.29, 0.717) is 22.2 Å². The number of hydrogen-bond donors (Lipinski definition) is 1. The third-order valence-electron chi connectivity index (χ3n) is 3.47. The van der Waals surface area contributed by atoms with Gasteiger partial charge in [-0.1, -0.05) is 22.8 Å². The largest absolute Gasteiger partial charge is 0.361 e. The fraction of sp³-hybridized carbons (Fsp3) is 0.375. The average Bonchev–Trinajstić information content (AvgIpc) is 2.74. The van der Waals surface area contributed by atoms with Crippen molar-refractivity contribution in [1.82, 2.24) is 5.16 Å². The molecule has 1 amide bonds. The molecule has 0 aliphatic heterocycles. The highest BCUT2D eigenvalue weighted by atomic mass is 35.5. The molecule has 1 atom stereocenters. The van der Waals surface area contributed by atoms with Crippen LogP contribution in [0.4, 0.5) is 5.69 Å². The zero-order chi connectivity index (χ0) is 17.1. The molecule has 1 heterocycles. The number of benzene rings is 1. The maximum Gasteiger partial charge on any atom is 0.237 e. The van der Waals surface area contributed by atoms with Gasteiger partial charge in [-0.3, -0.25) is 9.00 Å². The predicted molar refractivity (Wildman–Crippen MR) is 92.2 cm³/mol. The van der Waals surface area contributed by atoms with Crippen LogP contribution in [0.25, 0.3) is 0 Å². The van der Waals surface area contributed by atoms with Crippen LogP contribution in [0.15, 0.2) is 16.7 Å². The van der Waals surface area contributed by atoms with E-state index in [4.69, 9.17) is 16.1 Å². The zero-order valence-electron chi connectivity index (χ0n) is 13.5. The number of halogens is 1. The first-order chi connectivity index (χ1) is 10.8. The molecule has 0 saturated carbocycles. The molecule has 0 bridgehead atoms.